The zero-order valence-corrected chi connectivity index (χ0v) is 7.26. The summed E-state index contributed by atoms with van der Waals surface area (Å²) in [5.41, 5.74) is -0.264. The number of hydrogen-bond donors (Lipinski definition) is 0. The van der Waals surface area contributed by atoms with Crippen LogP contribution in [0.15, 0.2) is 12.1 Å². The normalized spacial score (nSPS) is 10.5. The molecule has 0 unspecified atom stereocenters. The highest BCUT2D eigenvalue weighted by molar-refractivity contribution is 6.16. The zero-order valence-electron chi connectivity index (χ0n) is 6.51. The summed E-state index contributed by atoms with van der Waals surface area (Å²) in [7, 11) is 0. The van der Waals surface area contributed by atoms with Crippen molar-refractivity contribution in [2.45, 2.75) is 12.3 Å². The Hall–Kier alpha value is -1.03. The number of hydrogen-bond acceptors (Lipinski definition) is 2. The standard InChI is InChI=1S/C8H6ClF2NO/c9-3-6-2-1-5(4-13)7(12-6)8(10)11/h1-2,4,8H,3H2. The highest BCUT2D eigenvalue weighted by Crippen LogP contribution is 2.20. The van der Waals surface area contributed by atoms with Crippen molar-refractivity contribution in [3.8, 4) is 0 Å². The molecule has 0 spiro atoms. The predicted octanol–water partition coefficient (Wildman–Crippen LogP) is 2.57. The Morgan fingerprint density at radius 3 is 2.69 bits per heavy atom. The van der Waals surface area contributed by atoms with E-state index in [0.29, 0.717) is 12.0 Å². The summed E-state index contributed by atoms with van der Waals surface area (Å²) in [5, 5.41) is 0. The number of halogens is 3. The van der Waals surface area contributed by atoms with Crippen LogP contribution in [0.3, 0.4) is 0 Å². The molecule has 1 rings (SSSR count). The zero-order chi connectivity index (χ0) is 9.84. The molecule has 0 saturated carbocycles. The molecule has 0 amide bonds. The van der Waals surface area contributed by atoms with Crippen LogP contribution in [0.1, 0.15) is 28.2 Å². The van der Waals surface area contributed by atoms with Crippen LogP contribution < -0.4 is 0 Å². The summed E-state index contributed by atoms with van der Waals surface area (Å²) in [4.78, 5) is 13.9. The molecule has 2 nitrogen and oxygen atoms in total. The van der Waals surface area contributed by atoms with Crippen molar-refractivity contribution >= 4 is 17.9 Å². The van der Waals surface area contributed by atoms with Crippen molar-refractivity contribution in [2.75, 3.05) is 0 Å². The molecular weight excluding hydrogens is 200 g/mol. The van der Waals surface area contributed by atoms with Crippen LogP contribution in [-0.2, 0) is 5.88 Å². The smallest absolute Gasteiger partial charge is 0.281 e. The third-order valence-electron chi connectivity index (χ3n) is 1.49. The average Bonchev–Trinajstić information content (AvgIpc) is 2.16. The predicted molar refractivity (Wildman–Crippen MR) is 44.1 cm³/mol. The summed E-state index contributed by atoms with van der Waals surface area (Å²) in [5.74, 6) is 0.0544. The molecule has 0 atom stereocenters. The third kappa shape index (κ3) is 2.21. The van der Waals surface area contributed by atoms with Gasteiger partial charge in [0.05, 0.1) is 11.6 Å². The van der Waals surface area contributed by atoms with Crippen LogP contribution in [-0.4, -0.2) is 11.3 Å². The van der Waals surface area contributed by atoms with Gasteiger partial charge in [0, 0.05) is 5.56 Å². The number of aldehydes is 1. The highest BCUT2D eigenvalue weighted by atomic mass is 35.5. The average molecular weight is 206 g/mol. The summed E-state index contributed by atoms with van der Waals surface area (Å²) in [6, 6.07) is 2.74. The molecule has 0 saturated heterocycles. The van der Waals surface area contributed by atoms with Gasteiger partial charge in [-0.25, -0.2) is 13.8 Å². The Labute approximate surface area is 78.5 Å². The Morgan fingerprint density at radius 1 is 1.54 bits per heavy atom. The highest BCUT2D eigenvalue weighted by Gasteiger charge is 2.14. The Morgan fingerprint density at radius 2 is 2.23 bits per heavy atom. The first kappa shape index (κ1) is 10.1. The van der Waals surface area contributed by atoms with E-state index in [1.54, 1.807) is 0 Å². The van der Waals surface area contributed by atoms with Gasteiger partial charge in [0.25, 0.3) is 6.43 Å². The molecule has 1 heterocycles. The van der Waals surface area contributed by atoms with Crippen molar-refractivity contribution in [2.24, 2.45) is 0 Å². The molecule has 0 bridgehead atoms. The largest absolute Gasteiger partial charge is 0.298 e. The molecule has 0 aliphatic heterocycles. The molecule has 13 heavy (non-hydrogen) atoms. The van der Waals surface area contributed by atoms with E-state index >= 15 is 0 Å². The van der Waals surface area contributed by atoms with E-state index in [9.17, 15) is 13.6 Å². The quantitative estimate of drug-likeness (QED) is 0.561. The van der Waals surface area contributed by atoms with Crippen LogP contribution in [0.25, 0.3) is 0 Å². The van der Waals surface area contributed by atoms with Gasteiger partial charge in [0.2, 0.25) is 0 Å². The van der Waals surface area contributed by atoms with Crippen molar-refractivity contribution in [3.63, 3.8) is 0 Å². The van der Waals surface area contributed by atoms with E-state index < -0.39 is 12.1 Å². The van der Waals surface area contributed by atoms with E-state index in [-0.39, 0.29) is 11.4 Å². The van der Waals surface area contributed by atoms with Crippen molar-refractivity contribution in [3.05, 3.63) is 29.1 Å². The first-order valence-corrected chi connectivity index (χ1v) is 4.01. The molecule has 0 aromatic carbocycles. The summed E-state index contributed by atoms with van der Waals surface area (Å²) in [6.45, 7) is 0. The fourth-order valence-electron chi connectivity index (χ4n) is 0.877. The first-order chi connectivity index (χ1) is 6.19. The van der Waals surface area contributed by atoms with Gasteiger partial charge in [-0.1, -0.05) is 0 Å². The molecule has 0 fully saturated rings. The van der Waals surface area contributed by atoms with Gasteiger partial charge in [0.1, 0.15) is 5.69 Å². The first-order valence-electron chi connectivity index (χ1n) is 3.48. The van der Waals surface area contributed by atoms with E-state index in [0.717, 1.165) is 0 Å². The van der Waals surface area contributed by atoms with E-state index in [2.05, 4.69) is 4.98 Å². The molecular formula is C8H6ClF2NO. The van der Waals surface area contributed by atoms with Crippen molar-refractivity contribution < 1.29 is 13.6 Å². The van der Waals surface area contributed by atoms with Crippen LogP contribution in [0.4, 0.5) is 8.78 Å². The molecule has 0 radical (unpaired) electrons. The Kier molecular flexibility index (Phi) is 3.31. The number of carbonyl (C=O) groups is 1. The lowest BCUT2D eigenvalue weighted by Crippen LogP contribution is -1.99. The molecule has 70 valence electrons. The Bertz CT molecular complexity index is 317. The number of pyridine rings is 1. The lowest BCUT2D eigenvalue weighted by molar-refractivity contribution is 0.110. The molecule has 0 N–H and O–H groups in total. The maximum absolute atomic E-state index is 12.3. The van der Waals surface area contributed by atoms with Gasteiger partial charge in [0.15, 0.2) is 6.29 Å². The SMILES string of the molecule is O=Cc1ccc(CCl)nc1C(F)F. The van der Waals surface area contributed by atoms with Crippen molar-refractivity contribution in [1.82, 2.24) is 4.98 Å². The van der Waals surface area contributed by atoms with Crippen LogP contribution >= 0.6 is 11.6 Å². The maximum atomic E-state index is 12.3. The van der Waals surface area contributed by atoms with Gasteiger partial charge in [-0.3, -0.25) is 4.79 Å². The third-order valence-corrected chi connectivity index (χ3v) is 1.76. The lowest BCUT2D eigenvalue weighted by Gasteiger charge is -2.03. The van der Waals surface area contributed by atoms with Crippen LogP contribution in [0, 0.1) is 0 Å². The maximum Gasteiger partial charge on any atom is 0.281 e. The minimum absolute atomic E-state index is 0.0544. The summed E-state index contributed by atoms with van der Waals surface area (Å²) in [6.07, 6.45) is -2.39. The minimum Gasteiger partial charge on any atom is -0.298 e. The summed E-state index contributed by atoms with van der Waals surface area (Å²) < 4.78 is 24.5. The number of rotatable bonds is 3. The van der Waals surface area contributed by atoms with Gasteiger partial charge >= 0.3 is 0 Å². The molecule has 0 aliphatic carbocycles. The monoisotopic (exact) mass is 205 g/mol. The fourth-order valence-corrected chi connectivity index (χ4v) is 1.03. The number of alkyl halides is 3. The Balaban J connectivity index is 3.17. The molecule has 5 heteroatoms. The lowest BCUT2D eigenvalue weighted by atomic mass is 10.2. The second-order valence-electron chi connectivity index (χ2n) is 2.33. The number of aromatic nitrogens is 1. The molecule has 1 aromatic rings. The van der Waals surface area contributed by atoms with Gasteiger partial charge in [-0.2, -0.15) is 0 Å². The van der Waals surface area contributed by atoms with Crippen LogP contribution in [0.5, 0.6) is 0 Å². The van der Waals surface area contributed by atoms with Gasteiger partial charge < -0.3 is 0 Å². The van der Waals surface area contributed by atoms with Crippen LogP contribution in [0.2, 0.25) is 0 Å². The number of carbonyl (C=O) groups excluding carboxylic acids is 1. The van der Waals surface area contributed by atoms with E-state index in [1.807, 2.05) is 0 Å². The summed E-state index contributed by atoms with van der Waals surface area (Å²) >= 11 is 5.40. The topological polar surface area (TPSA) is 30.0 Å². The second-order valence-corrected chi connectivity index (χ2v) is 2.60. The second kappa shape index (κ2) is 4.28. The fraction of sp³-hybridized carbons (Fsp3) is 0.250. The van der Waals surface area contributed by atoms with Gasteiger partial charge in [-0.05, 0) is 12.1 Å². The van der Waals surface area contributed by atoms with E-state index in [1.165, 1.54) is 12.1 Å². The number of nitrogens with zero attached hydrogens (tertiary/aromatic N) is 1. The van der Waals surface area contributed by atoms with Crippen molar-refractivity contribution in [1.29, 1.82) is 0 Å². The molecule has 1 aromatic heterocycles. The van der Waals surface area contributed by atoms with Gasteiger partial charge in [-0.15, -0.1) is 11.6 Å². The minimum atomic E-state index is -2.75. The molecule has 0 aliphatic rings. The van der Waals surface area contributed by atoms with E-state index in [4.69, 9.17) is 11.6 Å².